The third-order valence-electron chi connectivity index (χ3n) is 7.31. The van der Waals surface area contributed by atoms with Crippen LogP contribution in [0.5, 0.6) is 17.2 Å². The van der Waals surface area contributed by atoms with Gasteiger partial charge in [0.1, 0.15) is 83.3 Å². The molecule has 10 N–H and O–H groups in total. The van der Waals surface area contributed by atoms with E-state index >= 15 is 0 Å². The van der Waals surface area contributed by atoms with Gasteiger partial charge in [-0.15, -0.1) is 0 Å². The fourth-order valence-electron chi connectivity index (χ4n) is 5.11. The molecule has 1 unspecified atom stereocenters. The standard InChI is InChI=1S/C26H28O14/c27-6-13-18(32)21(35)23(37)26(40-13)16-20(34)15(25-22(36)17(31)11(30)7-38-25)19(33)14-10(29)5-12(39-24(14)16)8-1-3-9(28)4-2-8/h1-5,11,13,17-18,21-23,25-28,30-37H,6-7H2/t11-,13+,17-,18+,21-,22+,23+,25?,26-/m0/s1. The van der Waals surface area contributed by atoms with Gasteiger partial charge in [0.2, 0.25) is 0 Å². The van der Waals surface area contributed by atoms with E-state index in [-0.39, 0.29) is 11.5 Å². The van der Waals surface area contributed by atoms with Crippen molar-refractivity contribution in [3.8, 4) is 28.6 Å². The molecule has 5 rings (SSSR count). The number of phenols is 3. The molecule has 3 heterocycles. The maximum absolute atomic E-state index is 13.4. The largest absolute Gasteiger partial charge is 0.508 e. The lowest BCUT2D eigenvalue weighted by molar-refractivity contribution is -0.231. The number of hydrogen-bond donors (Lipinski definition) is 10. The van der Waals surface area contributed by atoms with Crippen LogP contribution in [0.2, 0.25) is 0 Å². The normalized spacial score (nSPS) is 32.8. The minimum absolute atomic E-state index is 0.0767. The van der Waals surface area contributed by atoms with Gasteiger partial charge in [-0.2, -0.15) is 0 Å². The fraction of sp³-hybridized carbons (Fsp3) is 0.423. The summed E-state index contributed by atoms with van der Waals surface area (Å²) in [6.45, 7) is -1.34. The summed E-state index contributed by atoms with van der Waals surface area (Å²) >= 11 is 0. The zero-order chi connectivity index (χ0) is 29.0. The van der Waals surface area contributed by atoms with Crippen LogP contribution in [-0.4, -0.2) is 107 Å². The van der Waals surface area contributed by atoms with Gasteiger partial charge in [-0.1, -0.05) is 0 Å². The number of aromatic hydroxyl groups is 3. The molecule has 0 aliphatic carbocycles. The van der Waals surface area contributed by atoms with Crippen LogP contribution in [0.4, 0.5) is 0 Å². The van der Waals surface area contributed by atoms with Crippen molar-refractivity contribution in [2.75, 3.05) is 13.2 Å². The van der Waals surface area contributed by atoms with E-state index in [1.807, 2.05) is 0 Å². The lowest BCUT2D eigenvalue weighted by Crippen LogP contribution is -2.55. The van der Waals surface area contributed by atoms with Gasteiger partial charge in [0.05, 0.1) is 24.3 Å². The van der Waals surface area contributed by atoms with Gasteiger partial charge in [-0.25, -0.2) is 0 Å². The number of aliphatic hydroxyl groups excluding tert-OH is 7. The van der Waals surface area contributed by atoms with E-state index in [0.29, 0.717) is 5.56 Å². The molecular weight excluding hydrogens is 536 g/mol. The molecule has 40 heavy (non-hydrogen) atoms. The van der Waals surface area contributed by atoms with Crippen LogP contribution in [-0.2, 0) is 9.47 Å². The predicted octanol–water partition coefficient (Wildman–Crippen LogP) is -1.75. The van der Waals surface area contributed by atoms with Gasteiger partial charge < -0.3 is 65.0 Å². The fourth-order valence-corrected chi connectivity index (χ4v) is 5.11. The summed E-state index contributed by atoms with van der Waals surface area (Å²) in [6, 6.07) is 6.47. The first-order chi connectivity index (χ1) is 19.0. The number of ether oxygens (including phenoxy) is 2. The van der Waals surface area contributed by atoms with E-state index in [4.69, 9.17) is 13.9 Å². The lowest BCUT2D eigenvalue weighted by atomic mass is 9.85. The van der Waals surface area contributed by atoms with E-state index in [9.17, 15) is 55.9 Å². The molecule has 0 spiro atoms. The minimum Gasteiger partial charge on any atom is -0.508 e. The highest BCUT2D eigenvalue weighted by atomic mass is 16.5. The molecule has 9 atom stereocenters. The molecule has 2 aliphatic heterocycles. The van der Waals surface area contributed by atoms with Gasteiger partial charge in [0.25, 0.3) is 0 Å². The summed E-state index contributed by atoms with van der Waals surface area (Å²) in [4.78, 5) is 13.4. The van der Waals surface area contributed by atoms with Crippen molar-refractivity contribution in [2.24, 2.45) is 0 Å². The summed E-state index contributed by atoms with van der Waals surface area (Å²) in [7, 11) is 0. The SMILES string of the molecule is O=c1cc(-c2ccc(O)cc2)oc2c([C@@H]3O[C@H](CO)[C@@H](O)[C@H](O)[C@H]3O)c(O)c(C3OC[C@H](O)[C@H](O)[C@H]3O)c(O)c12. The Kier molecular flexibility index (Phi) is 7.47. The first-order valence-corrected chi connectivity index (χ1v) is 12.3. The van der Waals surface area contributed by atoms with Crippen molar-refractivity contribution >= 4 is 11.0 Å². The zero-order valence-corrected chi connectivity index (χ0v) is 20.6. The molecular formula is C26H28O14. The zero-order valence-electron chi connectivity index (χ0n) is 20.6. The van der Waals surface area contributed by atoms with Gasteiger partial charge >= 0.3 is 0 Å². The molecule has 2 fully saturated rings. The quantitative estimate of drug-likeness (QED) is 0.169. The Bertz CT molecular complexity index is 1450. The summed E-state index contributed by atoms with van der Waals surface area (Å²) in [5.74, 6) is -2.00. The van der Waals surface area contributed by atoms with Crippen LogP contribution in [0, 0.1) is 0 Å². The minimum atomic E-state index is -1.96. The number of aliphatic hydroxyl groups is 7. The van der Waals surface area contributed by atoms with Crippen LogP contribution in [0.1, 0.15) is 23.3 Å². The third kappa shape index (κ3) is 4.49. The van der Waals surface area contributed by atoms with E-state index in [1.54, 1.807) is 0 Å². The molecule has 0 radical (unpaired) electrons. The number of hydrogen-bond acceptors (Lipinski definition) is 14. The molecule has 1 aromatic heterocycles. The molecule has 14 nitrogen and oxygen atoms in total. The molecule has 2 aromatic carbocycles. The Morgan fingerprint density at radius 3 is 2.08 bits per heavy atom. The maximum atomic E-state index is 13.4. The van der Waals surface area contributed by atoms with Gasteiger partial charge in [0.15, 0.2) is 11.0 Å². The molecule has 216 valence electrons. The molecule has 2 saturated heterocycles. The van der Waals surface area contributed by atoms with Crippen molar-refractivity contribution < 1.29 is 65.0 Å². The molecule has 2 aliphatic rings. The van der Waals surface area contributed by atoms with E-state index < -0.39 is 107 Å². The number of fused-ring (bicyclic) bond motifs is 1. The summed E-state index contributed by atoms with van der Waals surface area (Å²) in [5.41, 5.74) is -2.19. The Balaban J connectivity index is 1.81. The number of benzene rings is 2. The Morgan fingerprint density at radius 2 is 1.43 bits per heavy atom. The Hall–Kier alpha value is -3.31. The van der Waals surface area contributed by atoms with Crippen molar-refractivity contribution in [2.45, 2.75) is 54.9 Å². The van der Waals surface area contributed by atoms with Gasteiger partial charge in [0, 0.05) is 11.6 Å². The highest BCUT2D eigenvalue weighted by Crippen LogP contribution is 2.50. The first kappa shape index (κ1) is 28.2. The summed E-state index contributed by atoms with van der Waals surface area (Å²) in [6.07, 6.45) is -15.7. The maximum Gasteiger partial charge on any atom is 0.197 e. The first-order valence-electron chi connectivity index (χ1n) is 12.3. The Morgan fingerprint density at radius 1 is 0.775 bits per heavy atom. The highest BCUT2D eigenvalue weighted by molar-refractivity contribution is 5.92. The number of phenolic OH excluding ortho intramolecular Hbond substituents is 3. The molecule has 0 amide bonds. The second kappa shape index (κ2) is 10.6. The Labute approximate surface area is 224 Å². The van der Waals surface area contributed by atoms with Crippen LogP contribution in [0.3, 0.4) is 0 Å². The smallest absolute Gasteiger partial charge is 0.197 e. The average molecular weight is 564 g/mol. The second-order valence-corrected chi connectivity index (χ2v) is 9.80. The lowest BCUT2D eigenvalue weighted by Gasteiger charge is -2.41. The topological polar surface area (TPSA) is 251 Å². The van der Waals surface area contributed by atoms with Crippen LogP contribution >= 0.6 is 0 Å². The molecule has 0 saturated carbocycles. The van der Waals surface area contributed by atoms with Crippen molar-refractivity contribution in [3.05, 3.63) is 51.7 Å². The van der Waals surface area contributed by atoms with E-state index in [1.165, 1.54) is 24.3 Å². The van der Waals surface area contributed by atoms with E-state index in [2.05, 4.69) is 0 Å². The van der Waals surface area contributed by atoms with Crippen LogP contribution < -0.4 is 5.43 Å². The summed E-state index contributed by atoms with van der Waals surface area (Å²) < 4.78 is 16.9. The summed E-state index contributed by atoms with van der Waals surface area (Å²) in [5, 5.41) is 104. The molecule has 0 bridgehead atoms. The number of rotatable bonds is 4. The van der Waals surface area contributed by atoms with E-state index in [0.717, 1.165) is 6.07 Å². The van der Waals surface area contributed by atoms with Crippen molar-refractivity contribution in [3.63, 3.8) is 0 Å². The van der Waals surface area contributed by atoms with Crippen LogP contribution in [0.25, 0.3) is 22.3 Å². The van der Waals surface area contributed by atoms with Gasteiger partial charge in [-0.05, 0) is 24.3 Å². The highest BCUT2D eigenvalue weighted by Gasteiger charge is 2.48. The van der Waals surface area contributed by atoms with Crippen molar-refractivity contribution in [1.29, 1.82) is 0 Å². The monoisotopic (exact) mass is 564 g/mol. The molecule has 3 aromatic rings. The van der Waals surface area contributed by atoms with Gasteiger partial charge in [-0.3, -0.25) is 4.79 Å². The van der Waals surface area contributed by atoms with Crippen molar-refractivity contribution in [1.82, 2.24) is 0 Å². The van der Waals surface area contributed by atoms with Crippen LogP contribution in [0.15, 0.2) is 39.5 Å². The molecule has 14 heteroatoms. The third-order valence-corrected chi connectivity index (χ3v) is 7.31. The predicted molar refractivity (Wildman–Crippen MR) is 132 cm³/mol. The average Bonchev–Trinajstić information content (AvgIpc) is 2.92. The second-order valence-electron chi connectivity index (χ2n) is 9.80.